The fourth-order valence-electron chi connectivity index (χ4n) is 1.64. The molecule has 3 N–H and O–H groups in total. The Morgan fingerprint density at radius 2 is 2.33 bits per heavy atom. The van der Waals surface area contributed by atoms with Gasteiger partial charge in [0, 0.05) is 29.7 Å². The number of hydrogen-bond acceptors (Lipinski definition) is 5. The lowest BCUT2D eigenvalue weighted by Crippen LogP contribution is -2.41. The normalized spacial score (nSPS) is 11.1. The van der Waals surface area contributed by atoms with Gasteiger partial charge in [-0.1, -0.05) is 11.8 Å². The maximum atomic E-state index is 11.5. The molecule has 0 aromatic carbocycles. The standard InChI is InChI=1S/C14H13N5O2/c1-15-13(14(21)17-9-20)3-2-10-6-11(8-16-7-10)12-4-5-18-19-12/h4-9,13,15H,1H3,(H,18,19)(H,17,20,21). The molecule has 2 heterocycles. The SMILES string of the molecule is CNC(C#Cc1cncc(-c2ccn[nH]2)c1)C(=O)NC=O. The molecular weight excluding hydrogens is 270 g/mol. The van der Waals surface area contributed by atoms with Crippen LogP contribution in [0.15, 0.2) is 30.7 Å². The van der Waals surface area contributed by atoms with Gasteiger partial charge in [-0.25, -0.2) is 0 Å². The molecule has 0 bridgehead atoms. The summed E-state index contributed by atoms with van der Waals surface area (Å²) in [7, 11) is 1.59. The van der Waals surface area contributed by atoms with Crippen LogP contribution in [0.25, 0.3) is 11.3 Å². The zero-order valence-corrected chi connectivity index (χ0v) is 11.3. The Morgan fingerprint density at radius 3 is 3.00 bits per heavy atom. The summed E-state index contributed by atoms with van der Waals surface area (Å²) in [5.41, 5.74) is 2.33. The van der Waals surface area contributed by atoms with Crippen molar-refractivity contribution in [2.45, 2.75) is 6.04 Å². The third-order valence-corrected chi connectivity index (χ3v) is 2.66. The van der Waals surface area contributed by atoms with E-state index < -0.39 is 11.9 Å². The zero-order valence-electron chi connectivity index (χ0n) is 11.3. The molecule has 2 aromatic heterocycles. The molecule has 21 heavy (non-hydrogen) atoms. The minimum Gasteiger partial charge on any atom is -0.299 e. The summed E-state index contributed by atoms with van der Waals surface area (Å²) in [6.45, 7) is 0. The van der Waals surface area contributed by atoms with E-state index in [1.807, 2.05) is 12.1 Å². The predicted molar refractivity (Wildman–Crippen MR) is 75.8 cm³/mol. The number of imide groups is 1. The highest BCUT2D eigenvalue weighted by Crippen LogP contribution is 2.15. The largest absolute Gasteiger partial charge is 0.299 e. The van der Waals surface area contributed by atoms with Gasteiger partial charge in [-0.15, -0.1) is 0 Å². The number of carbonyl (C=O) groups is 2. The van der Waals surface area contributed by atoms with Gasteiger partial charge < -0.3 is 0 Å². The van der Waals surface area contributed by atoms with Gasteiger partial charge in [0.05, 0.1) is 5.69 Å². The zero-order chi connectivity index (χ0) is 15.1. The van der Waals surface area contributed by atoms with E-state index in [-0.39, 0.29) is 0 Å². The molecule has 2 rings (SSSR count). The summed E-state index contributed by atoms with van der Waals surface area (Å²) in [5, 5.41) is 11.5. The van der Waals surface area contributed by atoms with Crippen molar-refractivity contribution in [3.63, 3.8) is 0 Å². The number of rotatable bonds is 4. The minimum absolute atomic E-state index is 0.328. The summed E-state index contributed by atoms with van der Waals surface area (Å²) >= 11 is 0. The fraction of sp³-hybridized carbons (Fsp3) is 0.143. The van der Waals surface area contributed by atoms with Crippen LogP contribution in [0.4, 0.5) is 0 Å². The van der Waals surface area contributed by atoms with Crippen LogP contribution in [0.2, 0.25) is 0 Å². The second-order valence-electron chi connectivity index (χ2n) is 4.05. The molecule has 2 aromatic rings. The van der Waals surface area contributed by atoms with Gasteiger partial charge >= 0.3 is 0 Å². The average Bonchev–Trinajstić information content (AvgIpc) is 3.03. The molecule has 1 atom stereocenters. The molecule has 0 fully saturated rings. The van der Waals surface area contributed by atoms with Crippen LogP contribution >= 0.6 is 0 Å². The fourth-order valence-corrected chi connectivity index (χ4v) is 1.64. The van der Waals surface area contributed by atoms with Crippen molar-refractivity contribution in [1.82, 2.24) is 25.8 Å². The van der Waals surface area contributed by atoms with Crippen molar-refractivity contribution < 1.29 is 9.59 Å². The lowest BCUT2D eigenvalue weighted by Gasteiger charge is -2.05. The monoisotopic (exact) mass is 283 g/mol. The molecule has 7 nitrogen and oxygen atoms in total. The number of nitrogens with zero attached hydrogens (tertiary/aromatic N) is 2. The maximum absolute atomic E-state index is 11.5. The molecule has 0 radical (unpaired) electrons. The summed E-state index contributed by atoms with van der Waals surface area (Å²) < 4.78 is 0. The van der Waals surface area contributed by atoms with Gasteiger partial charge in [-0.3, -0.25) is 30.3 Å². The second kappa shape index (κ2) is 6.98. The van der Waals surface area contributed by atoms with Crippen molar-refractivity contribution in [3.05, 3.63) is 36.3 Å². The highest BCUT2D eigenvalue weighted by atomic mass is 16.2. The van der Waals surface area contributed by atoms with Crippen LogP contribution in [0, 0.1) is 11.8 Å². The number of amides is 2. The number of aromatic nitrogens is 3. The number of pyridine rings is 1. The van der Waals surface area contributed by atoms with Gasteiger partial charge in [0.2, 0.25) is 6.41 Å². The molecule has 0 saturated heterocycles. The van der Waals surface area contributed by atoms with Crippen LogP contribution in [-0.2, 0) is 9.59 Å². The smallest absolute Gasteiger partial charge is 0.255 e. The summed E-state index contributed by atoms with van der Waals surface area (Å²) in [5.74, 6) is 5.09. The van der Waals surface area contributed by atoms with Crippen LogP contribution in [0.5, 0.6) is 0 Å². The minimum atomic E-state index is -0.772. The maximum Gasteiger partial charge on any atom is 0.255 e. The molecule has 106 valence electrons. The molecular formula is C14H13N5O2. The Morgan fingerprint density at radius 1 is 1.48 bits per heavy atom. The van der Waals surface area contributed by atoms with E-state index in [0.29, 0.717) is 12.0 Å². The van der Waals surface area contributed by atoms with Crippen molar-refractivity contribution in [2.75, 3.05) is 7.05 Å². The quantitative estimate of drug-likeness (QED) is 0.527. The van der Waals surface area contributed by atoms with Crippen molar-refractivity contribution >= 4 is 12.3 Å². The number of carbonyl (C=O) groups excluding carboxylic acids is 2. The molecule has 1 unspecified atom stereocenters. The van der Waals surface area contributed by atoms with E-state index >= 15 is 0 Å². The van der Waals surface area contributed by atoms with E-state index in [4.69, 9.17) is 0 Å². The van der Waals surface area contributed by atoms with Crippen LogP contribution in [-0.4, -0.2) is 40.6 Å². The first kappa shape index (κ1) is 14.4. The Balaban J connectivity index is 2.20. The van der Waals surface area contributed by atoms with E-state index in [1.54, 1.807) is 25.6 Å². The highest BCUT2D eigenvalue weighted by molar-refractivity contribution is 5.92. The number of H-pyrrole nitrogens is 1. The van der Waals surface area contributed by atoms with Crippen molar-refractivity contribution in [3.8, 4) is 23.1 Å². The first-order valence-electron chi connectivity index (χ1n) is 6.12. The van der Waals surface area contributed by atoms with E-state index in [9.17, 15) is 9.59 Å². The van der Waals surface area contributed by atoms with Gasteiger partial charge in [0.15, 0.2) is 0 Å². The van der Waals surface area contributed by atoms with Crippen LogP contribution < -0.4 is 10.6 Å². The lowest BCUT2D eigenvalue weighted by atomic mass is 10.1. The number of aromatic amines is 1. The molecule has 2 amide bonds. The first-order valence-corrected chi connectivity index (χ1v) is 6.12. The molecule has 0 aliphatic carbocycles. The Bertz CT molecular complexity index is 685. The van der Waals surface area contributed by atoms with Gasteiger partial charge in [-0.05, 0) is 19.2 Å². The molecule has 0 aliphatic heterocycles. The molecule has 0 aliphatic rings. The summed E-state index contributed by atoms with van der Waals surface area (Å²) in [4.78, 5) is 25.9. The number of nitrogens with one attached hydrogen (secondary N) is 3. The lowest BCUT2D eigenvalue weighted by molar-refractivity contribution is -0.125. The number of likely N-dealkylation sites (N-methyl/N-ethyl adjacent to an activating group) is 1. The first-order chi connectivity index (χ1) is 10.2. The molecule has 7 heteroatoms. The molecule has 0 spiro atoms. The predicted octanol–water partition coefficient (Wildman–Crippen LogP) is -0.316. The average molecular weight is 283 g/mol. The second-order valence-corrected chi connectivity index (χ2v) is 4.05. The van der Waals surface area contributed by atoms with Crippen molar-refractivity contribution in [1.29, 1.82) is 0 Å². The highest BCUT2D eigenvalue weighted by Gasteiger charge is 2.11. The van der Waals surface area contributed by atoms with E-state index in [2.05, 4.69) is 37.7 Å². The van der Waals surface area contributed by atoms with Gasteiger partial charge in [0.1, 0.15) is 6.04 Å². The Labute approximate surface area is 121 Å². The van der Waals surface area contributed by atoms with Gasteiger partial charge in [-0.2, -0.15) is 5.10 Å². The topological polar surface area (TPSA) is 99.8 Å². The van der Waals surface area contributed by atoms with Crippen LogP contribution in [0.3, 0.4) is 0 Å². The summed E-state index contributed by atoms with van der Waals surface area (Å²) in [6.07, 6.45) is 5.26. The number of hydrogen-bond donors (Lipinski definition) is 3. The Kier molecular flexibility index (Phi) is 4.79. The van der Waals surface area contributed by atoms with Crippen LogP contribution in [0.1, 0.15) is 5.56 Å². The third-order valence-electron chi connectivity index (χ3n) is 2.66. The van der Waals surface area contributed by atoms with Crippen molar-refractivity contribution in [2.24, 2.45) is 0 Å². The Hall–Kier alpha value is -2.98. The van der Waals surface area contributed by atoms with Gasteiger partial charge in [0.25, 0.3) is 5.91 Å². The van der Waals surface area contributed by atoms with E-state index in [1.165, 1.54) is 0 Å². The molecule has 0 saturated carbocycles. The third kappa shape index (κ3) is 3.75. The summed E-state index contributed by atoms with van der Waals surface area (Å²) in [6, 6.07) is 2.88. The van der Waals surface area contributed by atoms with E-state index in [0.717, 1.165) is 11.3 Å².